The summed E-state index contributed by atoms with van der Waals surface area (Å²) < 4.78 is 26.2. The number of nitrogens with one attached hydrogen (secondary N) is 1. The van der Waals surface area contributed by atoms with E-state index in [4.69, 9.17) is 17.3 Å². The van der Waals surface area contributed by atoms with Crippen LogP contribution in [-0.4, -0.2) is 21.0 Å². The SMILES string of the molecule is CCC(CCc1cccs1)Nc1nc(N)nc(C(F)(F)Cl)n1. The summed E-state index contributed by atoms with van der Waals surface area (Å²) in [5, 5.41) is 1.36. The number of thiophene rings is 1. The van der Waals surface area contributed by atoms with Gasteiger partial charge in [-0.05, 0) is 42.3 Å². The molecule has 1 unspecified atom stereocenters. The Bertz CT molecular complexity index is 603. The summed E-state index contributed by atoms with van der Waals surface area (Å²) in [6, 6.07) is 4.10. The highest BCUT2D eigenvalue weighted by Gasteiger charge is 2.33. The molecule has 0 aliphatic heterocycles. The Kier molecular flexibility index (Phi) is 5.47. The second-order valence-electron chi connectivity index (χ2n) is 4.71. The van der Waals surface area contributed by atoms with Crippen LogP contribution in [0.2, 0.25) is 0 Å². The molecule has 0 fully saturated rings. The first-order valence-corrected chi connectivity index (χ1v) is 8.02. The maximum absolute atomic E-state index is 13.1. The Balaban J connectivity index is 2.05. The van der Waals surface area contributed by atoms with E-state index in [1.165, 1.54) is 4.88 Å². The van der Waals surface area contributed by atoms with Gasteiger partial charge in [-0.2, -0.15) is 23.7 Å². The molecule has 22 heavy (non-hydrogen) atoms. The molecule has 0 bridgehead atoms. The Hall–Kier alpha value is -1.54. The van der Waals surface area contributed by atoms with Crippen LogP contribution in [0.4, 0.5) is 20.7 Å². The molecule has 1 atom stereocenters. The lowest BCUT2D eigenvalue weighted by Gasteiger charge is -2.17. The van der Waals surface area contributed by atoms with E-state index in [-0.39, 0.29) is 17.9 Å². The van der Waals surface area contributed by atoms with Gasteiger partial charge in [0.05, 0.1) is 0 Å². The number of aromatic nitrogens is 3. The summed E-state index contributed by atoms with van der Waals surface area (Å²) in [6.07, 6.45) is 2.51. The largest absolute Gasteiger partial charge is 0.381 e. The summed E-state index contributed by atoms with van der Waals surface area (Å²) in [6.45, 7) is 1.99. The molecule has 0 amide bonds. The number of nitrogens with zero attached hydrogens (tertiary/aromatic N) is 3. The van der Waals surface area contributed by atoms with Crippen molar-refractivity contribution in [1.29, 1.82) is 0 Å². The van der Waals surface area contributed by atoms with E-state index in [9.17, 15) is 8.78 Å². The number of nitrogen functional groups attached to an aromatic ring is 1. The summed E-state index contributed by atoms with van der Waals surface area (Å²) in [4.78, 5) is 12.1. The lowest BCUT2D eigenvalue weighted by Crippen LogP contribution is -2.23. The van der Waals surface area contributed by atoms with Crippen molar-refractivity contribution in [3.63, 3.8) is 0 Å². The van der Waals surface area contributed by atoms with Crippen LogP contribution < -0.4 is 11.1 Å². The third-order valence-corrected chi connectivity index (χ3v) is 4.16. The number of hydrogen-bond acceptors (Lipinski definition) is 6. The Labute approximate surface area is 136 Å². The molecule has 9 heteroatoms. The van der Waals surface area contributed by atoms with Gasteiger partial charge in [0.15, 0.2) is 0 Å². The Morgan fingerprint density at radius 1 is 1.41 bits per heavy atom. The summed E-state index contributed by atoms with van der Waals surface area (Å²) >= 11 is 6.62. The van der Waals surface area contributed by atoms with Gasteiger partial charge < -0.3 is 11.1 Å². The molecule has 2 aromatic heterocycles. The zero-order valence-electron chi connectivity index (χ0n) is 11.9. The van der Waals surface area contributed by atoms with Crippen LogP contribution >= 0.6 is 22.9 Å². The summed E-state index contributed by atoms with van der Waals surface area (Å²) in [5.74, 6) is -1.13. The highest BCUT2D eigenvalue weighted by atomic mass is 35.5. The number of rotatable bonds is 7. The second kappa shape index (κ2) is 7.15. The van der Waals surface area contributed by atoms with Crippen molar-refractivity contribution in [3.8, 4) is 0 Å². The van der Waals surface area contributed by atoms with Gasteiger partial charge in [-0.25, -0.2) is 0 Å². The molecule has 0 saturated carbocycles. The lowest BCUT2D eigenvalue weighted by molar-refractivity contribution is 0.0845. The fraction of sp³-hybridized carbons (Fsp3) is 0.462. The number of hydrogen-bond donors (Lipinski definition) is 2. The van der Waals surface area contributed by atoms with Crippen molar-refractivity contribution in [2.75, 3.05) is 11.1 Å². The molecule has 2 rings (SSSR count). The average Bonchev–Trinajstić information content (AvgIpc) is 2.95. The molecule has 0 aromatic carbocycles. The van der Waals surface area contributed by atoms with Crippen molar-refractivity contribution < 1.29 is 8.78 Å². The fourth-order valence-corrected chi connectivity index (χ4v) is 2.73. The zero-order chi connectivity index (χ0) is 16.2. The van der Waals surface area contributed by atoms with Gasteiger partial charge in [-0.1, -0.05) is 13.0 Å². The topological polar surface area (TPSA) is 76.7 Å². The van der Waals surface area contributed by atoms with Gasteiger partial charge >= 0.3 is 5.38 Å². The van der Waals surface area contributed by atoms with Crippen LogP contribution in [0.3, 0.4) is 0 Å². The molecule has 3 N–H and O–H groups in total. The van der Waals surface area contributed by atoms with E-state index in [2.05, 4.69) is 26.3 Å². The van der Waals surface area contributed by atoms with Crippen molar-refractivity contribution in [3.05, 3.63) is 28.2 Å². The predicted molar refractivity (Wildman–Crippen MR) is 84.3 cm³/mol. The number of aryl methyl sites for hydroxylation is 1. The first kappa shape index (κ1) is 16.8. The van der Waals surface area contributed by atoms with Gasteiger partial charge in [0, 0.05) is 10.9 Å². The zero-order valence-corrected chi connectivity index (χ0v) is 13.5. The molecule has 0 radical (unpaired) electrons. The van der Waals surface area contributed by atoms with E-state index in [1.54, 1.807) is 11.3 Å². The van der Waals surface area contributed by atoms with Crippen LogP contribution in [0, 0.1) is 0 Å². The summed E-state index contributed by atoms with van der Waals surface area (Å²) in [5.41, 5.74) is 5.43. The first-order chi connectivity index (χ1) is 10.4. The van der Waals surface area contributed by atoms with Crippen LogP contribution in [0.25, 0.3) is 0 Å². The smallest absolute Gasteiger partial charge is 0.368 e. The maximum Gasteiger partial charge on any atom is 0.381 e. The molecule has 5 nitrogen and oxygen atoms in total. The second-order valence-corrected chi connectivity index (χ2v) is 6.21. The minimum Gasteiger partial charge on any atom is -0.368 e. The lowest BCUT2D eigenvalue weighted by atomic mass is 10.1. The molecule has 2 heterocycles. The van der Waals surface area contributed by atoms with E-state index >= 15 is 0 Å². The third kappa shape index (κ3) is 4.74. The van der Waals surface area contributed by atoms with E-state index in [0.29, 0.717) is 0 Å². The van der Waals surface area contributed by atoms with Gasteiger partial charge in [-0.3, -0.25) is 0 Å². The fourth-order valence-electron chi connectivity index (χ4n) is 1.92. The highest BCUT2D eigenvalue weighted by molar-refractivity contribution is 7.09. The molecule has 0 aliphatic carbocycles. The monoisotopic (exact) mass is 347 g/mol. The number of nitrogens with two attached hydrogens (primary N) is 1. The number of alkyl halides is 3. The molecule has 0 aliphatic rings. The van der Waals surface area contributed by atoms with E-state index < -0.39 is 11.2 Å². The van der Waals surface area contributed by atoms with E-state index in [1.807, 2.05) is 18.4 Å². The maximum atomic E-state index is 13.1. The molecular formula is C13H16ClF2N5S. The van der Waals surface area contributed by atoms with Crippen LogP contribution in [0.1, 0.15) is 30.5 Å². The van der Waals surface area contributed by atoms with Gasteiger partial charge in [0.1, 0.15) is 0 Å². The normalized spacial score (nSPS) is 13.1. The third-order valence-electron chi connectivity index (χ3n) is 3.05. The Morgan fingerprint density at radius 3 is 2.77 bits per heavy atom. The van der Waals surface area contributed by atoms with Gasteiger partial charge in [0.25, 0.3) is 0 Å². The van der Waals surface area contributed by atoms with Crippen molar-refractivity contribution in [2.24, 2.45) is 0 Å². The molecule has 0 spiro atoms. The average molecular weight is 348 g/mol. The minimum absolute atomic E-state index is 0.0147. The molecule has 120 valence electrons. The van der Waals surface area contributed by atoms with Gasteiger partial charge in [0.2, 0.25) is 17.7 Å². The highest BCUT2D eigenvalue weighted by Crippen LogP contribution is 2.30. The van der Waals surface area contributed by atoms with Crippen molar-refractivity contribution in [1.82, 2.24) is 15.0 Å². The summed E-state index contributed by atoms with van der Waals surface area (Å²) in [7, 11) is 0. The Morgan fingerprint density at radius 2 is 2.18 bits per heavy atom. The molecule has 0 saturated heterocycles. The van der Waals surface area contributed by atoms with Crippen molar-refractivity contribution in [2.45, 2.75) is 37.6 Å². The predicted octanol–water partition coefficient (Wildman–Crippen LogP) is 3.63. The molecular weight excluding hydrogens is 332 g/mol. The number of halogens is 3. The van der Waals surface area contributed by atoms with E-state index in [0.717, 1.165) is 19.3 Å². The van der Waals surface area contributed by atoms with Crippen LogP contribution in [-0.2, 0) is 11.8 Å². The molecule has 2 aromatic rings. The van der Waals surface area contributed by atoms with Crippen LogP contribution in [0.5, 0.6) is 0 Å². The van der Waals surface area contributed by atoms with Crippen LogP contribution in [0.15, 0.2) is 17.5 Å². The van der Waals surface area contributed by atoms with Gasteiger partial charge in [-0.15, -0.1) is 11.3 Å². The number of anilines is 2. The minimum atomic E-state index is -3.67. The van der Waals surface area contributed by atoms with Crippen molar-refractivity contribution >= 4 is 34.8 Å². The first-order valence-electron chi connectivity index (χ1n) is 6.76. The quantitative estimate of drug-likeness (QED) is 0.748. The standard InChI is InChI=1S/C13H16ClF2N5S/c1-2-8(5-6-9-4-3-7-22-9)18-12-20-10(13(14,15)16)19-11(17)21-12/h3-4,7-8H,2,5-6H2,1H3,(H3,17,18,19,20,21).